The average molecular weight is 350 g/mol. The zero-order valence-electron chi connectivity index (χ0n) is 15.7. The number of aliphatic imine (C=N–C) groups is 1. The Morgan fingerprint density at radius 2 is 1.88 bits per heavy atom. The Hall–Kier alpha value is -2.11. The molecule has 0 saturated heterocycles. The Bertz CT molecular complexity index is 560. The molecule has 1 aromatic rings. The molecular weight excluding hydrogens is 319 g/mol. The van der Waals surface area contributed by atoms with Gasteiger partial charge in [0.05, 0.1) is 6.42 Å². The fourth-order valence-corrected chi connectivity index (χ4v) is 2.36. The third-order valence-corrected chi connectivity index (χ3v) is 3.78. The fourth-order valence-electron chi connectivity index (χ4n) is 2.36. The molecule has 1 amide bonds. The lowest BCUT2D eigenvalue weighted by Gasteiger charge is -2.18. The zero-order chi connectivity index (χ0) is 18.7. The number of hydrogen-bond donors (Lipinski definition) is 3. The second-order valence-electron chi connectivity index (χ2n) is 6.67. The number of halogens is 1. The van der Waals surface area contributed by atoms with Gasteiger partial charge in [-0.1, -0.05) is 26.0 Å². The minimum atomic E-state index is -0.326. The largest absolute Gasteiger partial charge is 0.355 e. The van der Waals surface area contributed by atoms with E-state index in [1.165, 1.54) is 18.6 Å². The first-order chi connectivity index (χ1) is 11.9. The van der Waals surface area contributed by atoms with E-state index in [2.05, 4.69) is 41.7 Å². The lowest BCUT2D eigenvalue weighted by molar-refractivity contribution is -0.120. The number of rotatable bonds is 9. The van der Waals surface area contributed by atoms with Gasteiger partial charge in [-0.15, -0.1) is 0 Å². The smallest absolute Gasteiger partial charge is 0.224 e. The molecule has 0 aliphatic carbocycles. The predicted molar refractivity (Wildman–Crippen MR) is 101 cm³/mol. The number of hydrogen-bond acceptors (Lipinski definition) is 2. The Kier molecular flexibility index (Phi) is 9.58. The maximum atomic E-state index is 13.1. The molecule has 0 aliphatic heterocycles. The van der Waals surface area contributed by atoms with Gasteiger partial charge < -0.3 is 16.0 Å². The molecular formula is C19H31FN4O. The lowest BCUT2D eigenvalue weighted by atomic mass is 10.0. The Morgan fingerprint density at radius 1 is 1.16 bits per heavy atom. The number of nitrogens with zero attached hydrogens (tertiary/aromatic N) is 1. The first-order valence-corrected chi connectivity index (χ1v) is 8.89. The van der Waals surface area contributed by atoms with Gasteiger partial charge in [0.25, 0.3) is 0 Å². The van der Waals surface area contributed by atoms with Crippen LogP contribution in [0.3, 0.4) is 0 Å². The lowest BCUT2D eigenvalue weighted by Crippen LogP contribution is -2.45. The molecule has 1 rings (SSSR count). The normalized spacial score (nSPS) is 12.8. The van der Waals surface area contributed by atoms with Crippen molar-refractivity contribution in [2.45, 2.75) is 46.1 Å². The highest BCUT2D eigenvalue weighted by Gasteiger charge is 2.07. The maximum absolute atomic E-state index is 13.1. The van der Waals surface area contributed by atoms with Gasteiger partial charge in [0.2, 0.25) is 5.91 Å². The van der Waals surface area contributed by atoms with Crippen molar-refractivity contribution < 1.29 is 9.18 Å². The Balaban J connectivity index is 2.23. The minimum absolute atomic E-state index is 0.124. The van der Waals surface area contributed by atoms with Crippen LogP contribution in [0, 0.1) is 11.7 Å². The molecule has 0 heterocycles. The van der Waals surface area contributed by atoms with Crippen LogP contribution in [0.4, 0.5) is 4.39 Å². The molecule has 0 spiro atoms. The summed E-state index contributed by atoms with van der Waals surface area (Å²) >= 11 is 0. The molecule has 0 fully saturated rings. The van der Waals surface area contributed by atoms with Crippen LogP contribution in [0.2, 0.25) is 0 Å². The summed E-state index contributed by atoms with van der Waals surface area (Å²) in [5.74, 6) is 0.970. The van der Waals surface area contributed by atoms with Crippen LogP contribution in [-0.2, 0) is 11.2 Å². The highest BCUT2D eigenvalue weighted by atomic mass is 19.1. The van der Waals surface area contributed by atoms with Crippen LogP contribution in [0.1, 0.15) is 39.2 Å². The van der Waals surface area contributed by atoms with E-state index in [0.29, 0.717) is 30.6 Å². The second-order valence-corrected chi connectivity index (χ2v) is 6.67. The van der Waals surface area contributed by atoms with Crippen molar-refractivity contribution in [3.63, 3.8) is 0 Å². The summed E-state index contributed by atoms with van der Waals surface area (Å²) in [5.41, 5.74) is 0.668. The van der Waals surface area contributed by atoms with Crippen LogP contribution in [0.5, 0.6) is 0 Å². The number of nitrogens with one attached hydrogen (secondary N) is 3. The Morgan fingerprint density at radius 3 is 2.52 bits per heavy atom. The van der Waals surface area contributed by atoms with Crippen LogP contribution < -0.4 is 16.0 Å². The summed E-state index contributed by atoms with van der Waals surface area (Å²) < 4.78 is 13.1. The summed E-state index contributed by atoms with van der Waals surface area (Å²) in [6.07, 6.45) is 2.43. The van der Waals surface area contributed by atoms with Crippen LogP contribution in [0.25, 0.3) is 0 Å². The number of guanidine groups is 1. The summed E-state index contributed by atoms with van der Waals surface area (Å²) in [6, 6.07) is 6.44. The highest BCUT2D eigenvalue weighted by molar-refractivity contribution is 5.80. The second kappa shape index (κ2) is 11.4. The molecule has 1 atom stereocenters. The van der Waals surface area contributed by atoms with Gasteiger partial charge in [-0.2, -0.15) is 0 Å². The topological polar surface area (TPSA) is 65.5 Å². The van der Waals surface area contributed by atoms with Crippen molar-refractivity contribution in [3.8, 4) is 0 Å². The maximum Gasteiger partial charge on any atom is 0.224 e. The van der Waals surface area contributed by atoms with Crippen molar-refractivity contribution in [1.29, 1.82) is 0 Å². The Labute approximate surface area is 150 Å². The van der Waals surface area contributed by atoms with Gasteiger partial charge in [-0.3, -0.25) is 9.79 Å². The summed E-state index contributed by atoms with van der Waals surface area (Å²) in [6.45, 7) is 7.62. The van der Waals surface area contributed by atoms with Gasteiger partial charge in [-0.05, 0) is 43.4 Å². The van der Waals surface area contributed by atoms with Crippen molar-refractivity contribution in [2.75, 3.05) is 20.1 Å². The van der Waals surface area contributed by atoms with Gasteiger partial charge in [0.1, 0.15) is 5.82 Å². The highest BCUT2D eigenvalue weighted by Crippen LogP contribution is 2.06. The third-order valence-electron chi connectivity index (χ3n) is 3.78. The van der Waals surface area contributed by atoms with Crippen molar-refractivity contribution in [1.82, 2.24) is 16.0 Å². The van der Waals surface area contributed by atoms with E-state index in [1.807, 2.05) is 0 Å². The standard InChI is InChI=1S/C19H31FN4O/c1-14(2)8-9-15(3)24-19(21-4)23-11-10-22-18(25)13-16-6-5-7-17(20)12-16/h5-7,12,14-15H,8-11,13H2,1-4H3,(H,22,25)(H2,21,23,24). The van der Waals surface area contributed by atoms with E-state index in [0.717, 1.165) is 12.4 Å². The number of carbonyl (C=O) groups is 1. The molecule has 1 aromatic carbocycles. The molecule has 0 aliphatic rings. The summed E-state index contributed by atoms with van der Waals surface area (Å²) in [7, 11) is 1.73. The van der Waals surface area contributed by atoms with Crippen molar-refractivity contribution >= 4 is 11.9 Å². The number of amides is 1. The molecule has 6 heteroatoms. The summed E-state index contributed by atoms with van der Waals surface area (Å²) in [4.78, 5) is 16.0. The number of benzene rings is 1. The molecule has 25 heavy (non-hydrogen) atoms. The quantitative estimate of drug-likeness (QED) is 0.364. The molecule has 0 bridgehead atoms. The molecule has 1 unspecified atom stereocenters. The van der Waals surface area contributed by atoms with Crippen LogP contribution in [0.15, 0.2) is 29.3 Å². The van der Waals surface area contributed by atoms with E-state index in [9.17, 15) is 9.18 Å². The van der Waals surface area contributed by atoms with Crippen LogP contribution >= 0.6 is 0 Å². The molecule has 5 nitrogen and oxygen atoms in total. The molecule has 0 saturated carbocycles. The molecule has 0 aromatic heterocycles. The third kappa shape index (κ3) is 9.69. The molecule has 140 valence electrons. The van der Waals surface area contributed by atoms with E-state index >= 15 is 0 Å². The van der Waals surface area contributed by atoms with E-state index in [1.54, 1.807) is 19.2 Å². The van der Waals surface area contributed by atoms with Gasteiger partial charge >= 0.3 is 0 Å². The fraction of sp³-hybridized carbons (Fsp3) is 0.579. The van der Waals surface area contributed by atoms with Crippen molar-refractivity contribution in [2.24, 2.45) is 10.9 Å². The molecule has 3 N–H and O–H groups in total. The predicted octanol–water partition coefficient (Wildman–Crippen LogP) is 2.47. The van der Waals surface area contributed by atoms with E-state index in [-0.39, 0.29) is 18.1 Å². The minimum Gasteiger partial charge on any atom is -0.355 e. The van der Waals surface area contributed by atoms with Gasteiger partial charge in [-0.25, -0.2) is 4.39 Å². The number of carbonyl (C=O) groups excluding carboxylic acids is 1. The first-order valence-electron chi connectivity index (χ1n) is 8.89. The first kappa shape index (κ1) is 20.9. The molecule has 0 radical (unpaired) electrons. The van der Waals surface area contributed by atoms with Gasteiger partial charge in [0, 0.05) is 26.2 Å². The average Bonchev–Trinajstić information content (AvgIpc) is 2.55. The van der Waals surface area contributed by atoms with Gasteiger partial charge in [0.15, 0.2) is 5.96 Å². The van der Waals surface area contributed by atoms with Crippen LogP contribution in [-0.4, -0.2) is 38.0 Å². The van der Waals surface area contributed by atoms with E-state index < -0.39 is 0 Å². The van der Waals surface area contributed by atoms with E-state index in [4.69, 9.17) is 0 Å². The monoisotopic (exact) mass is 350 g/mol. The van der Waals surface area contributed by atoms with Crippen molar-refractivity contribution in [3.05, 3.63) is 35.6 Å². The zero-order valence-corrected chi connectivity index (χ0v) is 15.7. The summed E-state index contributed by atoms with van der Waals surface area (Å²) in [5, 5.41) is 9.34. The SMILES string of the molecule is CN=C(NCCNC(=O)Cc1cccc(F)c1)NC(C)CCC(C)C.